The zero-order valence-corrected chi connectivity index (χ0v) is 16.8. The molecule has 1 aromatic carbocycles. The fourth-order valence-electron chi connectivity index (χ4n) is 3.66. The highest BCUT2D eigenvalue weighted by Gasteiger charge is 2.31. The van der Waals surface area contributed by atoms with Gasteiger partial charge in [0.05, 0.1) is 10.6 Å². The van der Waals surface area contributed by atoms with Crippen molar-refractivity contribution >= 4 is 21.3 Å². The third-order valence-electron chi connectivity index (χ3n) is 5.10. The summed E-state index contributed by atoms with van der Waals surface area (Å²) in [6.07, 6.45) is 0.806. The Morgan fingerprint density at radius 3 is 2.70 bits per heavy atom. The Bertz CT molecular complexity index is 1150. The monoisotopic (exact) mass is 385 g/mol. The first-order valence-electron chi connectivity index (χ1n) is 8.92. The molecule has 0 spiro atoms. The average molecular weight is 385 g/mol. The predicted molar refractivity (Wildman–Crippen MR) is 104 cm³/mol. The summed E-state index contributed by atoms with van der Waals surface area (Å²) in [5.74, 6) is 0.329. The lowest BCUT2D eigenvalue weighted by atomic mass is 10.0. The van der Waals surface area contributed by atoms with Crippen LogP contribution in [0.25, 0.3) is 5.65 Å². The van der Waals surface area contributed by atoms with E-state index >= 15 is 0 Å². The Morgan fingerprint density at radius 1 is 1.22 bits per heavy atom. The second kappa shape index (κ2) is 6.31. The standard InChI is InChI=1S/C19H23N5O2S/c1-12-6-5-7-14(10-12)27(25,26)17-18(20-3)22-24-16-8-9-23(4)11-15(16)13(2)21-19(17)24/h5-7,10H,8-9,11H2,1-4H3,(H,20,22). The Kier molecular flexibility index (Phi) is 4.20. The second-order valence-electron chi connectivity index (χ2n) is 7.09. The highest BCUT2D eigenvalue weighted by atomic mass is 32.2. The molecule has 0 fully saturated rings. The lowest BCUT2D eigenvalue weighted by Gasteiger charge is -2.26. The van der Waals surface area contributed by atoms with Gasteiger partial charge in [0.1, 0.15) is 0 Å². The Labute approximate surface area is 158 Å². The summed E-state index contributed by atoms with van der Waals surface area (Å²) in [6.45, 7) is 5.51. The number of fused-ring (bicyclic) bond motifs is 3. The molecule has 0 amide bonds. The van der Waals surface area contributed by atoms with Crippen molar-refractivity contribution in [3.8, 4) is 0 Å². The van der Waals surface area contributed by atoms with Crippen molar-refractivity contribution in [1.82, 2.24) is 19.5 Å². The van der Waals surface area contributed by atoms with Gasteiger partial charge in [0.15, 0.2) is 16.4 Å². The van der Waals surface area contributed by atoms with Gasteiger partial charge in [0.2, 0.25) is 9.84 Å². The van der Waals surface area contributed by atoms with Crippen molar-refractivity contribution in [3.63, 3.8) is 0 Å². The van der Waals surface area contributed by atoms with Gasteiger partial charge in [0.25, 0.3) is 0 Å². The quantitative estimate of drug-likeness (QED) is 0.745. The highest BCUT2D eigenvalue weighted by molar-refractivity contribution is 7.91. The summed E-state index contributed by atoms with van der Waals surface area (Å²) in [7, 11) is -0.00393. The van der Waals surface area contributed by atoms with Crippen molar-refractivity contribution in [2.75, 3.05) is 26.0 Å². The third kappa shape index (κ3) is 2.80. The fourth-order valence-corrected chi connectivity index (χ4v) is 5.27. The maximum absolute atomic E-state index is 13.4. The lowest BCUT2D eigenvalue weighted by molar-refractivity contribution is 0.306. The molecule has 3 aromatic rings. The van der Waals surface area contributed by atoms with Gasteiger partial charge in [-0.1, -0.05) is 12.1 Å². The van der Waals surface area contributed by atoms with Crippen LogP contribution in [0.1, 0.15) is 22.5 Å². The zero-order valence-electron chi connectivity index (χ0n) is 15.9. The highest BCUT2D eigenvalue weighted by Crippen LogP contribution is 2.33. The number of likely N-dealkylation sites (N-methyl/N-ethyl adjacent to an activating group) is 1. The van der Waals surface area contributed by atoms with Crippen LogP contribution in [0.2, 0.25) is 0 Å². The molecule has 0 radical (unpaired) electrons. The molecule has 0 aliphatic carbocycles. The number of rotatable bonds is 3. The molecule has 0 unspecified atom stereocenters. The average Bonchev–Trinajstić information content (AvgIpc) is 3.01. The van der Waals surface area contributed by atoms with Crippen LogP contribution in [-0.2, 0) is 22.8 Å². The molecule has 7 nitrogen and oxygen atoms in total. The van der Waals surface area contributed by atoms with Gasteiger partial charge >= 0.3 is 0 Å². The number of hydrogen-bond donors (Lipinski definition) is 1. The minimum atomic E-state index is -3.76. The first kappa shape index (κ1) is 17.9. The number of hydrogen-bond acceptors (Lipinski definition) is 6. The molecule has 3 heterocycles. The molecule has 0 atom stereocenters. The van der Waals surface area contributed by atoms with E-state index in [1.807, 2.05) is 19.9 Å². The molecular formula is C19H23N5O2S. The Hall–Kier alpha value is -2.45. The molecule has 0 bridgehead atoms. The fraction of sp³-hybridized carbons (Fsp3) is 0.368. The molecule has 8 heteroatoms. The zero-order chi connectivity index (χ0) is 19.3. The number of benzene rings is 1. The van der Waals surface area contributed by atoms with Crippen molar-refractivity contribution in [2.24, 2.45) is 0 Å². The summed E-state index contributed by atoms with van der Waals surface area (Å²) < 4.78 is 28.6. The summed E-state index contributed by atoms with van der Waals surface area (Å²) in [4.78, 5) is 7.29. The number of aromatic nitrogens is 3. The van der Waals surface area contributed by atoms with Crippen molar-refractivity contribution in [3.05, 3.63) is 46.8 Å². The van der Waals surface area contributed by atoms with Crippen LogP contribution in [0.5, 0.6) is 0 Å². The number of anilines is 1. The number of sulfone groups is 1. The molecule has 1 N–H and O–H groups in total. The normalized spacial score (nSPS) is 15.1. The maximum atomic E-state index is 13.4. The summed E-state index contributed by atoms with van der Waals surface area (Å²) in [5.41, 5.74) is 4.30. The van der Waals surface area contributed by atoms with Crippen LogP contribution in [0.4, 0.5) is 5.82 Å². The molecule has 4 rings (SSSR count). The minimum Gasteiger partial charge on any atom is -0.370 e. The van der Waals surface area contributed by atoms with Crippen LogP contribution < -0.4 is 5.32 Å². The number of aryl methyl sites for hydroxylation is 2. The van der Waals surface area contributed by atoms with Gasteiger partial charge in [-0.2, -0.15) is 0 Å². The Balaban J connectivity index is 2.03. The van der Waals surface area contributed by atoms with Crippen LogP contribution >= 0.6 is 0 Å². The number of nitrogens with one attached hydrogen (secondary N) is 1. The van der Waals surface area contributed by atoms with Gasteiger partial charge in [0, 0.05) is 37.8 Å². The van der Waals surface area contributed by atoms with Crippen molar-refractivity contribution in [2.45, 2.75) is 36.6 Å². The van der Waals surface area contributed by atoms with Gasteiger partial charge < -0.3 is 10.2 Å². The van der Waals surface area contributed by atoms with Gasteiger partial charge in [-0.25, -0.2) is 17.9 Å². The van der Waals surface area contributed by atoms with Crippen LogP contribution in [0, 0.1) is 13.8 Å². The SMILES string of the molecule is CNc1nn2c3c(c(C)nc2c1S(=O)(=O)c1cccc(C)c1)CN(C)CC3. The van der Waals surface area contributed by atoms with Crippen LogP contribution in [0.3, 0.4) is 0 Å². The Morgan fingerprint density at radius 2 is 2.00 bits per heavy atom. The molecule has 1 aliphatic heterocycles. The van der Waals surface area contributed by atoms with Gasteiger partial charge in [-0.3, -0.25) is 0 Å². The summed E-state index contributed by atoms with van der Waals surface area (Å²) >= 11 is 0. The molecule has 2 aromatic heterocycles. The van der Waals surface area contributed by atoms with Crippen LogP contribution in [-0.4, -0.2) is 48.6 Å². The van der Waals surface area contributed by atoms with Gasteiger partial charge in [-0.05, 0) is 38.6 Å². The third-order valence-corrected chi connectivity index (χ3v) is 6.88. The molecule has 27 heavy (non-hydrogen) atoms. The van der Waals surface area contributed by atoms with E-state index in [-0.39, 0.29) is 9.79 Å². The molecule has 1 aliphatic rings. The molecule has 142 valence electrons. The number of nitrogens with zero attached hydrogens (tertiary/aromatic N) is 4. The van der Waals surface area contributed by atoms with Crippen molar-refractivity contribution in [1.29, 1.82) is 0 Å². The van der Waals surface area contributed by atoms with E-state index in [4.69, 9.17) is 0 Å². The van der Waals surface area contributed by atoms with E-state index in [9.17, 15) is 8.42 Å². The largest absolute Gasteiger partial charge is 0.370 e. The molecule has 0 saturated carbocycles. The first-order valence-corrected chi connectivity index (χ1v) is 10.4. The summed E-state index contributed by atoms with van der Waals surface area (Å²) in [5, 5.41) is 7.52. The van der Waals surface area contributed by atoms with E-state index in [0.29, 0.717) is 11.5 Å². The minimum absolute atomic E-state index is 0.139. The van der Waals surface area contributed by atoms with Crippen molar-refractivity contribution < 1.29 is 8.42 Å². The topological polar surface area (TPSA) is 79.6 Å². The van der Waals surface area contributed by atoms with Crippen LogP contribution in [0.15, 0.2) is 34.1 Å². The summed E-state index contributed by atoms with van der Waals surface area (Å²) in [6, 6.07) is 6.93. The van der Waals surface area contributed by atoms with E-state index in [0.717, 1.165) is 42.0 Å². The maximum Gasteiger partial charge on any atom is 0.214 e. The smallest absolute Gasteiger partial charge is 0.214 e. The first-order chi connectivity index (χ1) is 12.8. The van der Waals surface area contributed by atoms with E-state index in [2.05, 4.69) is 27.3 Å². The van der Waals surface area contributed by atoms with Gasteiger partial charge in [-0.15, -0.1) is 5.10 Å². The lowest BCUT2D eigenvalue weighted by Crippen LogP contribution is -2.29. The van der Waals surface area contributed by atoms with E-state index in [1.165, 1.54) is 0 Å². The molecular weight excluding hydrogens is 362 g/mol. The second-order valence-corrected chi connectivity index (χ2v) is 8.98. The molecule has 0 saturated heterocycles. The van der Waals surface area contributed by atoms with E-state index in [1.54, 1.807) is 29.8 Å². The van der Waals surface area contributed by atoms with E-state index < -0.39 is 9.84 Å². The predicted octanol–water partition coefficient (Wildman–Crippen LogP) is 2.21.